The highest BCUT2D eigenvalue weighted by Crippen LogP contribution is 2.15. The molecule has 0 bridgehead atoms. The van der Waals surface area contributed by atoms with Gasteiger partial charge in [0.15, 0.2) is 0 Å². The zero-order valence-electron chi connectivity index (χ0n) is 13.7. The second-order valence-electron chi connectivity index (χ2n) is 5.61. The lowest BCUT2D eigenvalue weighted by molar-refractivity contribution is 0.0953. The maximum absolute atomic E-state index is 12.3. The molecule has 3 nitrogen and oxygen atoms in total. The third kappa shape index (κ3) is 3.88. The van der Waals surface area contributed by atoms with Crippen molar-refractivity contribution in [3.05, 3.63) is 64.2 Å². The molecule has 0 aliphatic heterocycles. The molecule has 0 aliphatic carbocycles. The van der Waals surface area contributed by atoms with E-state index in [9.17, 15) is 4.79 Å². The van der Waals surface area contributed by atoms with Crippen molar-refractivity contribution in [1.29, 1.82) is 0 Å². The Morgan fingerprint density at radius 3 is 2.27 bits per heavy atom. The number of hydrogen-bond acceptors (Lipinski definition) is 2. The smallest absolute Gasteiger partial charge is 0.251 e. The Hall–Kier alpha value is -2.29. The van der Waals surface area contributed by atoms with E-state index in [-0.39, 0.29) is 5.91 Å². The maximum atomic E-state index is 12.3. The van der Waals surface area contributed by atoms with E-state index in [0.717, 1.165) is 28.9 Å². The predicted molar refractivity (Wildman–Crippen MR) is 89.7 cm³/mol. The van der Waals surface area contributed by atoms with Crippen LogP contribution in [0.3, 0.4) is 0 Å². The number of benzene rings is 2. The molecule has 0 spiro atoms. The first-order valence-electron chi connectivity index (χ1n) is 7.50. The molecule has 3 heteroatoms. The highest BCUT2D eigenvalue weighted by molar-refractivity contribution is 5.95. The highest BCUT2D eigenvalue weighted by atomic mass is 16.5. The van der Waals surface area contributed by atoms with Crippen molar-refractivity contribution < 1.29 is 9.53 Å². The van der Waals surface area contributed by atoms with Crippen LogP contribution in [0.1, 0.15) is 32.6 Å². The van der Waals surface area contributed by atoms with Gasteiger partial charge in [0.2, 0.25) is 0 Å². The highest BCUT2D eigenvalue weighted by Gasteiger charge is 2.10. The third-order valence-corrected chi connectivity index (χ3v) is 3.94. The van der Waals surface area contributed by atoms with Gasteiger partial charge in [-0.2, -0.15) is 0 Å². The summed E-state index contributed by atoms with van der Waals surface area (Å²) in [6.45, 7) is 6.69. The largest absolute Gasteiger partial charge is 0.497 e. The van der Waals surface area contributed by atoms with Crippen molar-refractivity contribution >= 4 is 5.91 Å². The first-order chi connectivity index (χ1) is 10.5. The van der Waals surface area contributed by atoms with Gasteiger partial charge in [-0.05, 0) is 67.6 Å². The van der Waals surface area contributed by atoms with E-state index in [2.05, 4.69) is 18.3 Å². The van der Waals surface area contributed by atoms with Crippen LogP contribution in [0.4, 0.5) is 0 Å². The van der Waals surface area contributed by atoms with Crippen LogP contribution < -0.4 is 10.1 Å². The van der Waals surface area contributed by atoms with E-state index in [4.69, 9.17) is 4.74 Å². The average molecular weight is 297 g/mol. The lowest BCUT2D eigenvalue weighted by Crippen LogP contribution is -2.26. The van der Waals surface area contributed by atoms with Crippen LogP contribution in [-0.2, 0) is 6.42 Å². The molecule has 2 rings (SSSR count). The topological polar surface area (TPSA) is 38.3 Å². The van der Waals surface area contributed by atoms with Crippen LogP contribution >= 0.6 is 0 Å². The number of amides is 1. The zero-order chi connectivity index (χ0) is 16.1. The third-order valence-electron chi connectivity index (χ3n) is 3.94. The Balaban J connectivity index is 1.94. The quantitative estimate of drug-likeness (QED) is 0.916. The van der Waals surface area contributed by atoms with E-state index in [1.54, 1.807) is 7.11 Å². The number of rotatable bonds is 5. The van der Waals surface area contributed by atoms with E-state index in [1.807, 2.05) is 44.2 Å². The van der Waals surface area contributed by atoms with Gasteiger partial charge in [-0.25, -0.2) is 0 Å². The molecule has 0 aromatic heterocycles. The van der Waals surface area contributed by atoms with Crippen molar-refractivity contribution in [1.82, 2.24) is 5.32 Å². The molecule has 1 amide bonds. The first kappa shape index (κ1) is 16.1. The summed E-state index contributed by atoms with van der Waals surface area (Å²) in [5, 5.41) is 2.99. The molecule has 0 saturated heterocycles. The van der Waals surface area contributed by atoms with Gasteiger partial charge in [-0.15, -0.1) is 0 Å². The Labute approximate surface area is 132 Å². The van der Waals surface area contributed by atoms with Gasteiger partial charge in [-0.3, -0.25) is 4.79 Å². The molecular weight excluding hydrogens is 274 g/mol. The molecule has 0 unspecified atom stereocenters. The lowest BCUT2D eigenvalue weighted by Gasteiger charge is -2.10. The number of carbonyl (C=O) groups excluding carboxylic acids is 1. The number of aryl methyl sites for hydroxylation is 3. The molecule has 0 fully saturated rings. The Kier molecular flexibility index (Phi) is 5.21. The van der Waals surface area contributed by atoms with Crippen LogP contribution in [0.15, 0.2) is 36.4 Å². The van der Waals surface area contributed by atoms with Crippen LogP contribution in [0, 0.1) is 20.8 Å². The number of carbonyl (C=O) groups is 1. The standard InChI is InChI=1S/C19H23NO2/c1-13-11-15(3)18(12-14(13)2)19(21)20-10-9-16-5-7-17(22-4)8-6-16/h5-8,11-12H,9-10H2,1-4H3,(H,20,21). The van der Waals surface area contributed by atoms with E-state index in [1.165, 1.54) is 11.1 Å². The summed E-state index contributed by atoms with van der Waals surface area (Å²) >= 11 is 0. The van der Waals surface area contributed by atoms with Gasteiger partial charge >= 0.3 is 0 Å². The summed E-state index contributed by atoms with van der Waals surface area (Å²) in [7, 11) is 1.65. The molecule has 116 valence electrons. The minimum Gasteiger partial charge on any atom is -0.497 e. The predicted octanol–water partition coefficient (Wildman–Crippen LogP) is 3.59. The van der Waals surface area contributed by atoms with Crippen LogP contribution in [0.25, 0.3) is 0 Å². The molecule has 0 radical (unpaired) electrons. The van der Waals surface area contributed by atoms with Crippen LogP contribution in [0.2, 0.25) is 0 Å². The normalized spacial score (nSPS) is 10.4. The van der Waals surface area contributed by atoms with Crippen molar-refractivity contribution in [3.8, 4) is 5.75 Å². The molecule has 0 saturated carbocycles. The fourth-order valence-corrected chi connectivity index (χ4v) is 2.41. The molecule has 22 heavy (non-hydrogen) atoms. The Bertz CT molecular complexity index is 660. The molecular formula is C19H23NO2. The number of ether oxygens (including phenoxy) is 1. The monoisotopic (exact) mass is 297 g/mol. The summed E-state index contributed by atoms with van der Waals surface area (Å²) < 4.78 is 5.13. The maximum Gasteiger partial charge on any atom is 0.251 e. The second kappa shape index (κ2) is 7.12. The van der Waals surface area contributed by atoms with Gasteiger partial charge in [-0.1, -0.05) is 18.2 Å². The van der Waals surface area contributed by atoms with Crippen LogP contribution in [-0.4, -0.2) is 19.6 Å². The van der Waals surface area contributed by atoms with E-state index in [0.29, 0.717) is 6.54 Å². The molecule has 1 N–H and O–H groups in total. The van der Waals surface area contributed by atoms with Gasteiger partial charge in [0.1, 0.15) is 5.75 Å². The summed E-state index contributed by atoms with van der Waals surface area (Å²) in [4.78, 5) is 12.3. The molecule has 2 aromatic rings. The molecule has 2 aromatic carbocycles. The number of hydrogen-bond donors (Lipinski definition) is 1. The fraction of sp³-hybridized carbons (Fsp3) is 0.316. The van der Waals surface area contributed by atoms with Gasteiger partial charge in [0.25, 0.3) is 5.91 Å². The minimum absolute atomic E-state index is 0.00545. The lowest BCUT2D eigenvalue weighted by atomic mass is 10.0. The van der Waals surface area contributed by atoms with Gasteiger partial charge in [0, 0.05) is 12.1 Å². The molecule has 0 atom stereocenters. The van der Waals surface area contributed by atoms with Crippen molar-refractivity contribution in [2.45, 2.75) is 27.2 Å². The molecule has 0 aliphatic rings. The summed E-state index contributed by atoms with van der Waals surface area (Å²) in [6.07, 6.45) is 0.805. The van der Waals surface area contributed by atoms with Crippen molar-refractivity contribution in [3.63, 3.8) is 0 Å². The number of methoxy groups -OCH3 is 1. The SMILES string of the molecule is COc1ccc(CCNC(=O)c2cc(C)c(C)cc2C)cc1. The zero-order valence-corrected chi connectivity index (χ0v) is 13.7. The Morgan fingerprint density at radius 1 is 1.00 bits per heavy atom. The van der Waals surface area contributed by atoms with Crippen molar-refractivity contribution in [2.24, 2.45) is 0 Å². The van der Waals surface area contributed by atoms with Crippen molar-refractivity contribution in [2.75, 3.05) is 13.7 Å². The van der Waals surface area contributed by atoms with Gasteiger partial charge < -0.3 is 10.1 Å². The summed E-state index contributed by atoms with van der Waals surface area (Å²) in [5.74, 6) is 0.840. The van der Waals surface area contributed by atoms with E-state index >= 15 is 0 Å². The first-order valence-corrected chi connectivity index (χ1v) is 7.50. The average Bonchev–Trinajstić information content (AvgIpc) is 2.51. The fourth-order valence-electron chi connectivity index (χ4n) is 2.41. The van der Waals surface area contributed by atoms with E-state index < -0.39 is 0 Å². The number of nitrogens with one attached hydrogen (secondary N) is 1. The Morgan fingerprint density at radius 2 is 1.64 bits per heavy atom. The summed E-state index contributed by atoms with van der Waals surface area (Å²) in [5.41, 5.74) is 5.32. The summed E-state index contributed by atoms with van der Waals surface area (Å²) in [6, 6.07) is 11.9. The van der Waals surface area contributed by atoms with Crippen LogP contribution in [0.5, 0.6) is 5.75 Å². The van der Waals surface area contributed by atoms with Gasteiger partial charge in [0.05, 0.1) is 7.11 Å². The molecule has 0 heterocycles. The second-order valence-corrected chi connectivity index (χ2v) is 5.61. The minimum atomic E-state index is -0.00545.